The monoisotopic (exact) mass is 224 g/mol. The normalized spacial score (nSPS) is 10.1. The summed E-state index contributed by atoms with van der Waals surface area (Å²) >= 11 is 0.704. The van der Waals surface area contributed by atoms with Crippen LogP contribution >= 0.6 is 11.5 Å². The van der Waals surface area contributed by atoms with E-state index in [1.54, 1.807) is 0 Å². The summed E-state index contributed by atoms with van der Waals surface area (Å²) in [5, 5.41) is 10.4. The van der Waals surface area contributed by atoms with Crippen LogP contribution in [0.3, 0.4) is 0 Å². The number of rotatable bonds is 2. The molecular weight excluding hydrogens is 220 g/mol. The molecule has 0 radical (unpaired) electrons. The van der Waals surface area contributed by atoms with Gasteiger partial charge in [0.15, 0.2) is 0 Å². The molecule has 0 fully saturated rings. The number of nitrogens with zero attached hydrogens (tertiary/aromatic N) is 2. The minimum Gasteiger partial charge on any atom is -0.394 e. The van der Waals surface area contributed by atoms with Gasteiger partial charge in [0.05, 0.1) is 16.5 Å². The highest BCUT2D eigenvalue weighted by atomic mass is 32.1. The molecule has 0 aliphatic carbocycles. The Morgan fingerprint density at radius 2 is 2.00 bits per heavy atom. The van der Waals surface area contributed by atoms with Crippen molar-refractivity contribution in [3.05, 3.63) is 44.1 Å². The summed E-state index contributed by atoms with van der Waals surface area (Å²) < 4.78 is 8.51. The molecule has 2 aromatic rings. The zero-order valence-corrected chi connectivity index (χ0v) is 8.06. The van der Waals surface area contributed by atoms with Crippen LogP contribution in [-0.2, 0) is 0 Å². The van der Waals surface area contributed by atoms with Gasteiger partial charge in [-0.3, -0.25) is 10.1 Å². The van der Waals surface area contributed by atoms with Crippen LogP contribution in [0, 0.1) is 10.1 Å². The summed E-state index contributed by atoms with van der Waals surface area (Å²) in [6.07, 6.45) is 0. The molecule has 0 aliphatic heterocycles. The van der Waals surface area contributed by atoms with Crippen molar-refractivity contribution in [2.45, 2.75) is 0 Å². The van der Waals surface area contributed by atoms with E-state index >= 15 is 0 Å². The van der Waals surface area contributed by atoms with Gasteiger partial charge in [0.25, 0.3) is 5.69 Å². The predicted octanol–water partition coefficient (Wildman–Crippen LogP) is 1.67. The van der Waals surface area contributed by atoms with Crippen molar-refractivity contribution >= 4 is 17.2 Å². The molecule has 0 bridgehead atoms. The molecule has 0 atom stereocenters. The van der Waals surface area contributed by atoms with Gasteiger partial charge in [0.2, 0.25) is 5.89 Å². The number of aromatic nitrogens is 1. The Hall–Kier alpha value is -2.02. The molecule has 0 aliphatic rings. The van der Waals surface area contributed by atoms with Crippen LogP contribution in [0.5, 0.6) is 0 Å². The largest absolute Gasteiger partial charge is 0.414 e. The average Bonchev–Trinajstić information content (AvgIpc) is 2.65. The smallest absolute Gasteiger partial charge is 0.394 e. The Morgan fingerprint density at radius 3 is 2.47 bits per heavy atom. The van der Waals surface area contributed by atoms with Crippen molar-refractivity contribution in [3.63, 3.8) is 0 Å². The average molecular weight is 224 g/mol. The van der Waals surface area contributed by atoms with Gasteiger partial charge in [-0.15, -0.1) is 4.37 Å². The van der Waals surface area contributed by atoms with Gasteiger partial charge in [-0.05, 0) is 12.1 Å². The van der Waals surface area contributed by atoms with Gasteiger partial charge in [0, 0.05) is 17.7 Å². The summed E-state index contributed by atoms with van der Waals surface area (Å²) in [6, 6.07) is 5.62. The standard InChI is InChI=1S/C8H4N2O4S/c11-8-14-7(9-15-8)5-1-3-6(4-2-5)10(12)13/h1-4H. The lowest BCUT2D eigenvalue weighted by Crippen LogP contribution is -1.87. The van der Waals surface area contributed by atoms with E-state index < -0.39 is 9.86 Å². The number of hydrogen-bond donors (Lipinski definition) is 0. The van der Waals surface area contributed by atoms with Crippen LogP contribution in [0.15, 0.2) is 33.5 Å². The molecule has 1 heterocycles. The number of benzene rings is 1. The van der Waals surface area contributed by atoms with Crippen LogP contribution in [0.4, 0.5) is 5.69 Å². The summed E-state index contributed by atoms with van der Waals surface area (Å²) in [6.45, 7) is 0. The van der Waals surface area contributed by atoms with Gasteiger partial charge in [0.1, 0.15) is 0 Å². The van der Waals surface area contributed by atoms with Gasteiger partial charge in [-0.2, -0.15) is 0 Å². The first-order chi connectivity index (χ1) is 7.16. The fourth-order valence-corrected chi connectivity index (χ4v) is 1.45. The number of nitro groups is 1. The minimum atomic E-state index is -0.499. The van der Waals surface area contributed by atoms with E-state index in [2.05, 4.69) is 4.37 Å². The highest BCUT2D eigenvalue weighted by Crippen LogP contribution is 2.19. The van der Waals surface area contributed by atoms with E-state index in [-0.39, 0.29) is 11.6 Å². The third-order valence-corrected chi connectivity index (χ3v) is 2.20. The van der Waals surface area contributed by atoms with E-state index in [1.807, 2.05) is 0 Å². The van der Waals surface area contributed by atoms with Gasteiger partial charge < -0.3 is 4.42 Å². The van der Waals surface area contributed by atoms with Crippen LogP contribution in [0.1, 0.15) is 0 Å². The maximum absolute atomic E-state index is 10.7. The van der Waals surface area contributed by atoms with Crippen molar-refractivity contribution < 1.29 is 9.34 Å². The van der Waals surface area contributed by atoms with Crippen molar-refractivity contribution in [1.29, 1.82) is 0 Å². The third-order valence-electron chi connectivity index (χ3n) is 1.71. The zero-order valence-electron chi connectivity index (χ0n) is 7.25. The van der Waals surface area contributed by atoms with Crippen molar-refractivity contribution in [2.24, 2.45) is 0 Å². The summed E-state index contributed by atoms with van der Waals surface area (Å²) in [5.74, 6) is 0.180. The minimum absolute atomic E-state index is 0.0173. The highest BCUT2D eigenvalue weighted by Gasteiger charge is 2.08. The predicted molar refractivity (Wildman–Crippen MR) is 52.7 cm³/mol. The molecule has 0 saturated heterocycles. The van der Waals surface area contributed by atoms with E-state index in [1.165, 1.54) is 24.3 Å². The fraction of sp³-hybridized carbons (Fsp3) is 0. The van der Waals surface area contributed by atoms with Crippen molar-refractivity contribution in [2.75, 3.05) is 0 Å². The van der Waals surface area contributed by atoms with Crippen molar-refractivity contribution in [1.82, 2.24) is 4.37 Å². The third kappa shape index (κ3) is 1.91. The Balaban J connectivity index is 2.39. The van der Waals surface area contributed by atoms with Gasteiger partial charge >= 0.3 is 4.94 Å². The fourth-order valence-electron chi connectivity index (χ4n) is 1.03. The summed E-state index contributed by atoms with van der Waals surface area (Å²) in [5.41, 5.74) is 0.523. The first-order valence-corrected chi connectivity index (χ1v) is 4.66. The Morgan fingerprint density at radius 1 is 1.33 bits per heavy atom. The van der Waals surface area contributed by atoms with Gasteiger partial charge in [-0.25, -0.2) is 4.79 Å². The zero-order chi connectivity index (χ0) is 10.8. The number of nitro benzene ring substituents is 1. The van der Waals surface area contributed by atoms with E-state index in [0.29, 0.717) is 17.1 Å². The molecule has 7 heteroatoms. The highest BCUT2D eigenvalue weighted by molar-refractivity contribution is 7.02. The molecule has 1 aromatic heterocycles. The van der Waals surface area contributed by atoms with Crippen LogP contribution < -0.4 is 4.94 Å². The van der Waals surface area contributed by atoms with Gasteiger partial charge in [-0.1, -0.05) is 0 Å². The second-order valence-corrected chi connectivity index (χ2v) is 3.34. The Kier molecular flexibility index (Phi) is 2.30. The molecule has 6 nitrogen and oxygen atoms in total. The Labute approximate surface area is 87.1 Å². The molecule has 15 heavy (non-hydrogen) atoms. The lowest BCUT2D eigenvalue weighted by Gasteiger charge is -1.93. The maximum atomic E-state index is 10.7. The molecule has 2 rings (SSSR count). The lowest BCUT2D eigenvalue weighted by molar-refractivity contribution is -0.384. The summed E-state index contributed by atoms with van der Waals surface area (Å²) in [4.78, 5) is 20.1. The topological polar surface area (TPSA) is 86.2 Å². The van der Waals surface area contributed by atoms with Crippen LogP contribution in [0.2, 0.25) is 0 Å². The maximum Gasteiger partial charge on any atom is 0.414 e. The molecular formula is C8H4N2O4S. The number of hydrogen-bond acceptors (Lipinski definition) is 6. The molecule has 76 valence electrons. The van der Waals surface area contributed by atoms with Crippen LogP contribution in [0.25, 0.3) is 11.5 Å². The molecule has 0 amide bonds. The lowest BCUT2D eigenvalue weighted by atomic mass is 10.2. The van der Waals surface area contributed by atoms with E-state index in [9.17, 15) is 14.9 Å². The molecule has 0 unspecified atom stereocenters. The van der Waals surface area contributed by atoms with E-state index in [0.717, 1.165) is 0 Å². The molecule has 0 N–H and O–H groups in total. The number of non-ortho nitro benzene ring substituents is 1. The second-order valence-electron chi connectivity index (χ2n) is 2.64. The first kappa shape index (κ1) is 9.53. The van der Waals surface area contributed by atoms with E-state index in [4.69, 9.17) is 4.42 Å². The molecule has 0 saturated carbocycles. The first-order valence-electron chi connectivity index (χ1n) is 3.88. The SMILES string of the molecule is O=c1oc(-c2ccc([N+](=O)[O-])cc2)ns1. The quantitative estimate of drug-likeness (QED) is 0.572. The van der Waals surface area contributed by atoms with Crippen molar-refractivity contribution in [3.8, 4) is 11.5 Å². The molecule has 0 spiro atoms. The van der Waals surface area contributed by atoms with Crippen LogP contribution in [-0.4, -0.2) is 9.30 Å². The Bertz CT molecular complexity index is 542. The second kappa shape index (κ2) is 3.62. The summed E-state index contributed by atoms with van der Waals surface area (Å²) in [7, 11) is 0. The molecule has 1 aromatic carbocycles.